The molecule has 0 aromatic carbocycles. The van der Waals surface area contributed by atoms with Crippen LogP contribution in [0.1, 0.15) is 24.8 Å². The Labute approximate surface area is 113 Å². The van der Waals surface area contributed by atoms with Gasteiger partial charge in [-0.15, -0.1) is 0 Å². The third-order valence-corrected chi connectivity index (χ3v) is 5.49. The normalized spacial score (nSPS) is 37.6. The minimum atomic E-state index is 0.373. The Kier molecular flexibility index (Phi) is 2.84. The second-order valence-corrected chi connectivity index (χ2v) is 6.71. The van der Waals surface area contributed by atoms with Crippen LogP contribution >= 0.6 is 31.9 Å². The minimum absolute atomic E-state index is 0.373. The van der Waals surface area contributed by atoms with Gasteiger partial charge in [0, 0.05) is 24.7 Å². The summed E-state index contributed by atoms with van der Waals surface area (Å²) in [4.78, 5) is 7.51. The summed E-state index contributed by atoms with van der Waals surface area (Å²) in [7, 11) is 0. The quantitative estimate of drug-likeness (QED) is 0.441. The maximum absolute atomic E-state index is 4.37. The molecule has 3 unspecified atom stereocenters. The van der Waals surface area contributed by atoms with Crippen LogP contribution in [0.2, 0.25) is 0 Å². The molecule has 3 rings (SSSR count). The Hall–Kier alpha value is 0.0700. The highest BCUT2D eigenvalue weighted by Crippen LogP contribution is 2.45. The van der Waals surface area contributed by atoms with Crippen molar-refractivity contribution in [3.8, 4) is 0 Å². The number of aromatic nitrogens is 1. The highest BCUT2D eigenvalue weighted by molar-refractivity contribution is 9.10. The number of halogens is 2. The van der Waals surface area contributed by atoms with E-state index < -0.39 is 0 Å². The number of hydrogen-bond acceptors (Lipinski definition) is 2. The van der Waals surface area contributed by atoms with Crippen molar-refractivity contribution in [3.63, 3.8) is 0 Å². The van der Waals surface area contributed by atoms with E-state index in [-0.39, 0.29) is 0 Å². The van der Waals surface area contributed by atoms with Crippen LogP contribution in [-0.4, -0.2) is 27.9 Å². The van der Waals surface area contributed by atoms with Crippen LogP contribution in [0.25, 0.3) is 0 Å². The molecule has 0 N–H and O–H groups in total. The van der Waals surface area contributed by atoms with Gasteiger partial charge in [-0.25, -0.2) is 4.98 Å². The van der Waals surface area contributed by atoms with E-state index >= 15 is 0 Å². The predicted molar refractivity (Wildman–Crippen MR) is 71.8 cm³/mol. The summed E-state index contributed by atoms with van der Waals surface area (Å²) in [5.41, 5.74) is 1.79. The van der Waals surface area contributed by atoms with Crippen molar-refractivity contribution in [2.75, 3.05) is 13.1 Å². The topological polar surface area (TPSA) is 16.1 Å². The molecule has 2 aliphatic rings. The average molecular weight is 346 g/mol. The van der Waals surface area contributed by atoms with E-state index in [1.54, 1.807) is 0 Å². The molecule has 3 heterocycles. The van der Waals surface area contributed by atoms with E-state index in [0.29, 0.717) is 10.4 Å². The van der Waals surface area contributed by atoms with Gasteiger partial charge in [-0.1, -0.05) is 22.0 Å². The molecular weight excluding hydrogens is 332 g/mol. The fraction of sp³-hybridized carbons (Fsp3) is 0.583. The van der Waals surface area contributed by atoms with E-state index in [4.69, 9.17) is 0 Å². The fourth-order valence-corrected chi connectivity index (χ4v) is 3.81. The van der Waals surface area contributed by atoms with E-state index in [0.717, 1.165) is 4.60 Å². The molecule has 1 aromatic rings. The number of piperidine rings is 1. The number of hydrogen-bond donors (Lipinski definition) is 0. The maximum Gasteiger partial charge on any atom is 0.106 e. The summed E-state index contributed by atoms with van der Waals surface area (Å²) >= 11 is 7.15. The predicted octanol–water partition coefficient (Wildman–Crippen LogP) is 3.30. The Morgan fingerprint density at radius 2 is 2.25 bits per heavy atom. The van der Waals surface area contributed by atoms with E-state index in [1.165, 1.54) is 37.9 Å². The first-order chi connectivity index (χ1) is 7.70. The lowest BCUT2D eigenvalue weighted by Crippen LogP contribution is -2.40. The first-order valence-corrected chi connectivity index (χ1v) is 7.41. The van der Waals surface area contributed by atoms with Crippen molar-refractivity contribution in [2.24, 2.45) is 0 Å². The number of nitrogens with zero attached hydrogens (tertiary/aromatic N) is 2. The first kappa shape index (κ1) is 11.2. The number of fused-ring (bicyclic) bond motifs is 2. The summed E-state index contributed by atoms with van der Waals surface area (Å²) in [5, 5.41) is 0. The zero-order valence-corrected chi connectivity index (χ0v) is 12.2. The second-order valence-electron chi connectivity index (χ2n) is 4.84. The van der Waals surface area contributed by atoms with E-state index in [2.05, 4.69) is 53.9 Å². The summed E-state index contributed by atoms with van der Waals surface area (Å²) in [6.45, 7) is 2.40. The van der Waals surface area contributed by atoms with Crippen LogP contribution < -0.4 is 0 Å². The molecule has 0 radical (unpaired) electrons. The van der Waals surface area contributed by atoms with Crippen molar-refractivity contribution >= 4 is 31.9 Å². The minimum Gasteiger partial charge on any atom is -0.290 e. The molecule has 2 nitrogen and oxygen atoms in total. The van der Waals surface area contributed by atoms with E-state index in [9.17, 15) is 0 Å². The number of rotatable bonds is 1. The maximum atomic E-state index is 4.37. The molecule has 4 heteroatoms. The zero-order chi connectivity index (χ0) is 11.2. The van der Waals surface area contributed by atoms with E-state index in [1.807, 2.05) is 6.20 Å². The molecule has 2 saturated heterocycles. The van der Waals surface area contributed by atoms with Gasteiger partial charge in [-0.05, 0) is 46.8 Å². The molecular formula is C12H14Br2N2. The van der Waals surface area contributed by atoms with Crippen molar-refractivity contribution in [3.05, 3.63) is 28.5 Å². The molecule has 1 aromatic heterocycles. The average Bonchev–Trinajstić information content (AvgIpc) is 2.66. The van der Waals surface area contributed by atoms with Crippen LogP contribution in [0.5, 0.6) is 0 Å². The summed E-state index contributed by atoms with van der Waals surface area (Å²) in [6.07, 6.45) is 5.85. The SMILES string of the molecule is Brc1ccc(C23CCC(Br)N(CC2)C3)cn1. The Morgan fingerprint density at radius 1 is 1.38 bits per heavy atom. The van der Waals surface area contributed by atoms with Crippen LogP contribution in [0.3, 0.4) is 0 Å². The van der Waals surface area contributed by atoms with Crippen LogP contribution in [-0.2, 0) is 5.41 Å². The van der Waals surface area contributed by atoms with Crippen molar-refractivity contribution < 1.29 is 0 Å². The summed E-state index contributed by atoms with van der Waals surface area (Å²) in [6, 6.07) is 4.29. The standard InChI is InChI=1S/C12H14Br2N2/c13-10-2-1-9(7-15-10)12-4-3-11(14)16(8-12)6-5-12/h1-2,7,11H,3-6,8H2. The molecule has 2 fully saturated rings. The zero-order valence-electron chi connectivity index (χ0n) is 9.00. The lowest BCUT2D eigenvalue weighted by molar-refractivity contribution is 0.225. The molecule has 0 spiro atoms. The van der Waals surface area contributed by atoms with Gasteiger partial charge in [0.15, 0.2) is 0 Å². The van der Waals surface area contributed by atoms with Crippen molar-refractivity contribution in [2.45, 2.75) is 29.6 Å². The van der Waals surface area contributed by atoms with Crippen molar-refractivity contribution in [1.29, 1.82) is 0 Å². The van der Waals surface area contributed by atoms with Crippen LogP contribution in [0.15, 0.2) is 22.9 Å². The molecule has 2 aliphatic heterocycles. The summed E-state index contributed by atoms with van der Waals surface area (Å²) in [5.74, 6) is 0. The highest BCUT2D eigenvalue weighted by Gasteiger charge is 2.45. The van der Waals surface area contributed by atoms with Gasteiger partial charge in [0.25, 0.3) is 0 Å². The lowest BCUT2D eigenvalue weighted by Gasteiger charge is -2.37. The third-order valence-electron chi connectivity index (χ3n) is 3.98. The van der Waals surface area contributed by atoms with Gasteiger partial charge in [-0.2, -0.15) is 0 Å². The van der Waals surface area contributed by atoms with Gasteiger partial charge < -0.3 is 0 Å². The molecule has 86 valence electrons. The van der Waals surface area contributed by atoms with Crippen molar-refractivity contribution in [1.82, 2.24) is 9.88 Å². The first-order valence-electron chi connectivity index (χ1n) is 5.70. The van der Waals surface area contributed by atoms with Gasteiger partial charge in [0.05, 0.1) is 4.95 Å². The summed E-state index contributed by atoms with van der Waals surface area (Å²) < 4.78 is 0.927. The molecule has 3 atom stereocenters. The molecule has 0 amide bonds. The number of alkyl halides is 1. The smallest absolute Gasteiger partial charge is 0.106 e. The number of pyridine rings is 1. The molecule has 16 heavy (non-hydrogen) atoms. The lowest BCUT2D eigenvalue weighted by atomic mass is 9.76. The van der Waals surface area contributed by atoms with Gasteiger partial charge in [-0.3, -0.25) is 4.90 Å². The molecule has 0 saturated carbocycles. The third kappa shape index (κ3) is 1.75. The monoisotopic (exact) mass is 344 g/mol. The fourth-order valence-electron chi connectivity index (χ4n) is 3.00. The largest absolute Gasteiger partial charge is 0.290 e. The van der Waals surface area contributed by atoms with Gasteiger partial charge in [0.1, 0.15) is 4.60 Å². The van der Waals surface area contributed by atoms with Gasteiger partial charge in [0.2, 0.25) is 0 Å². The Balaban J connectivity index is 1.92. The molecule has 0 aliphatic carbocycles. The van der Waals surface area contributed by atoms with Crippen LogP contribution in [0.4, 0.5) is 0 Å². The highest BCUT2D eigenvalue weighted by atomic mass is 79.9. The Morgan fingerprint density at radius 3 is 3.00 bits per heavy atom. The molecule has 2 bridgehead atoms. The second kappa shape index (κ2) is 4.07. The van der Waals surface area contributed by atoms with Crippen LogP contribution in [0, 0.1) is 0 Å². The van der Waals surface area contributed by atoms with Gasteiger partial charge >= 0.3 is 0 Å². The Bertz CT molecular complexity index is 393.